The Hall–Kier alpha value is -1.93. The van der Waals surface area contributed by atoms with Crippen molar-refractivity contribution in [3.63, 3.8) is 0 Å². The SMILES string of the molecule is CC(C)(C)c1ccc(S(=O)(=O)N2CCC[C@@H]2C(=O)NCC(=O)O)cc1. The molecule has 0 saturated carbocycles. The maximum atomic E-state index is 12.9. The summed E-state index contributed by atoms with van der Waals surface area (Å²) in [6.07, 6.45) is 0.940. The molecule has 2 rings (SSSR count). The van der Waals surface area contributed by atoms with Crippen molar-refractivity contribution in [2.45, 2.75) is 50.0 Å². The highest BCUT2D eigenvalue weighted by molar-refractivity contribution is 7.89. The summed E-state index contributed by atoms with van der Waals surface area (Å²) < 4.78 is 26.9. The smallest absolute Gasteiger partial charge is 0.322 e. The number of aliphatic carboxylic acids is 1. The summed E-state index contributed by atoms with van der Waals surface area (Å²) in [5, 5.41) is 10.9. The van der Waals surface area contributed by atoms with E-state index in [9.17, 15) is 18.0 Å². The highest BCUT2D eigenvalue weighted by Crippen LogP contribution is 2.28. The Morgan fingerprint density at radius 3 is 2.36 bits per heavy atom. The largest absolute Gasteiger partial charge is 0.480 e. The minimum absolute atomic E-state index is 0.0881. The first-order valence-corrected chi connectivity index (χ1v) is 9.59. The molecule has 0 aliphatic carbocycles. The molecule has 0 unspecified atom stereocenters. The van der Waals surface area contributed by atoms with Crippen LogP contribution in [0.1, 0.15) is 39.2 Å². The van der Waals surface area contributed by atoms with Crippen molar-refractivity contribution in [2.75, 3.05) is 13.1 Å². The first kappa shape index (κ1) is 19.4. The number of rotatable bonds is 5. The third-order valence-corrected chi connectivity index (χ3v) is 6.17. The van der Waals surface area contributed by atoms with Crippen LogP contribution in [0.5, 0.6) is 0 Å². The van der Waals surface area contributed by atoms with Gasteiger partial charge < -0.3 is 10.4 Å². The Kier molecular flexibility index (Phi) is 5.53. The lowest BCUT2D eigenvalue weighted by atomic mass is 9.87. The lowest BCUT2D eigenvalue weighted by Gasteiger charge is -2.24. The van der Waals surface area contributed by atoms with Gasteiger partial charge in [-0.3, -0.25) is 9.59 Å². The molecule has 0 spiro atoms. The number of carboxylic acids is 1. The number of carboxylic acid groups (broad SMARTS) is 1. The molecule has 1 aromatic rings. The van der Waals surface area contributed by atoms with Crippen LogP contribution in [0, 0.1) is 0 Å². The second-order valence-electron chi connectivity index (χ2n) is 7.16. The highest BCUT2D eigenvalue weighted by atomic mass is 32.2. The minimum Gasteiger partial charge on any atom is -0.480 e. The van der Waals surface area contributed by atoms with Crippen molar-refractivity contribution in [2.24, 2.45) is 0 Å². The van der Waals surface area contributed by atoms with E-state index in [0.29, 0.717) is 12.8 Å². The molecule has 138 valence electrons. The van der Waals surface area contributed by atoms with E-state index in [-0.39, 0.29) is 16.9 Å². The zero-order valence-electron chi connectivity index (χ0n) is 14.7. The van der Waals surface area contributed by atoms with Crippen LogP contribution in [-0.2, 0) is 25.0 Å². The molecule has 1 amide bonds. The summed E-state index contributed by atoms with van der Waals surface area (Å²) in [5.41, 5.74) is 0.929. The van der Waals surface area contributed by atoms with Gasteiger partial charge in [0, 0.05) is 6.54 Å². The first-order chi connectivity index (χ1) is 11.5. The third kappa shape index (κ3) is 4.38. The van der Waals surface area contributed by atoms with E-state index in [4.69, 9.17) is 5.11 Å². The van der Waals surface area contributed by atoms with Crippen molar-refractivity contribution >= 4 is 21.9 Å². The van der Waals surface area contributed by atoms with E-state index in [1.54, 1.807) is 24.3 Å². The number of hydrogen-bond acceptors (Lipinski definition) is 4. The van der Waals surface area contributed by atoms with Gasteiger partial charge in [0.1, 0.15) is 12.6 Å². The molecule has 1 aliphatic rings. The van der Waals surface area contributed by atoms with Crippen molar-refractivity contribution in [3.05, 3.63) is 29.8 Å². The number of nitrogens with one attached hydrogen (secondary N) is 1. The van der Waals surface area contributed by atoms with Gasteiger partial charge in [0.05, 0.1) is 4.90 Å². The number of carbonyl (C=O) groups is 2. The molecule has 2 N–H and O–H groups in total. The van der Waals surface area contributed by atoms with Gasteiger partial charge in [-0.1, -0.05) is 32.9 Å². The molecule has 1 fully saturated rings. The average molecular weight is 368 g/mol. The zero-order valence-corrected chi connectivity index (χ0v) is 15.5. The number of carbonyl (C=O) groups excluding carboxylic acids is 1. The molecule has 0 bridgehead atoms. The fraction of sp³-hybridized carbons (Fsp3) is 0.529. The van der Waals surface area contributed by atoms with E-state index in [1.165, 1.54) is 0 Å². The van der Waals surface area contributed by atoms with E-state index < -0.39 is 34.5 Å². The van der Waals surface area contributed by atoms with Crippen LogP contribution in [0.25, 0.3) is 0 Å². The standard InChI is InChI=1S/C17H24N2O5S/c1-17(2,3)12-6-8-13(9-7-12)25(23,24)19-10-4-5-14(19)16(22)18-11-15(20)21/h6-9,14H,4-5,10-11H2,1-3H3,(H,18,22)(H,20,21)/t14-/m1/s1. The van der Waals surface area contributed by atoms with Crippen molar-refractivity contribution in [3.8, 4) is 0 Å². The molecule has 8 heteroatoms. The number of sulfonamides is 1. The molecule has 1 aromatic carbocycles. The van der Waals surface area contributed by atoms with Crippen LogP contribution >= 0.6 is 0 Å². The Bertz CT molecular complexity index is 750. The van der Waals surface area contributed by atoms with Gasteiger partial charge in [-0.05, 0) is 36.0 Å². The molecule has 1 heterocycles. The van der Waals surface area contributed by atoms with Crippen LogP contribution in [0.15, 0.2) is 29.2 Å². The zero-order chi connectivity index (χ0) is 18.8. The topological polar surface area (TPSA) is 104 Å². The fourth-order valence-corrected chi connectivity index (χ4v) is 4.49. The Balaban J connectivity index is 2.22. The van der Waals surface area contributed by atoms with E-state index >= 15 is 0 Å². The van der Waals surface area contributed by atoms with Gasteiger partial charge >= 0.3 is 5.97 Å². The second kappa shape index (κ2) is 7.13. The number of amides is 1. The predicted molar refractivity (Wildman–Crippen MR) is 92.7 cm³/mol. The first-order valence-electron chi connectivity index (χ1n) is 8.15. The minimum atomic E-state index is -3.81. The number of hydrogen-bond donors (Lipinski definition) is 2. The second-order valence-corrected chi connectivity index (χ2v) is 9.05. The van der Waals surface area contributed by atoms with Gasteiger partial charge in [0.2, 0.25) is 15.9 Å². The molecular formula is C17H24N2O5S. The van der Waals surface area contributed by atoms with Crippen molar-refractivity contribution < 1.29 is 23.1 Å². The number of benzene rings is 1. The van der Waals surface area contributed by atoms with Gasteiger partial charge in [-0.15, -0.1) is 0 Å². The average Bonchev–Trinajstić information content (AvgIpc) is 3.02. The monoisotopic (exact) mass is 368 g/mol. The molecule has 1 atom stereocenters. The number of nitrogens with zero attached hydrogens (tertiary/aromatic N) is 1. The van der Waals surface area contributed by atoms with E-state index in [2.05, 4.69) is 5.32 Å². The maximum absolute atomic E-state index is 12.9. The lowest BCUT2D eigenvalue weighted by molar-refractivity contribution is -0.138. The molecule has 0 aromatic heterocycles. The quantitative estimate of drug-likeness (QED) is 0.816. The van der Waals surface area contributed by atoms with Gasteiger partial charge in [-0.25, -0.2) is 8.42 Å². The molecule has 1 aliphatic heterocycles. The normalized spacial score (nSPS) is 18.9. The summed E-state index contributed by atoms with van der Waals surface area (Å²) in [6, 6.07) is 5.80. The van der Waals surface area contributed by atoms with Crippen LogP contribution in [0.4, 0.5) is 0 Å². The van der Waals surface area contributed by atoms with E-state index in [1.807, 2.05) is 20.8 Å². The van der Waals surface area contributed by atoms with Crippen molar-refractivity contribution in [1.82, 2.24) is 9.62 Å². The van der Waals surface area contributed by atoms with Gasteiger partial charge in [0.15, 0.2) is 0 Å². The summed E-state index contributed by atoms with van der Waals surface area (Å²) in [7, 11) is -3.81. The summed E-state index contributed by atoms with van der Waals surface area (Å²) in [6.45, 7) is 5.84. The summed E-state index contributed by atoms with van der Waals surface area (Å²) in [5.74, 6) is -1.74. The third-order valence-electron chi connectivity index (χ3n) is 4.25. The fourth-order valence-electron chi connectivity index (χ4n) is 2.83. The van der Waals surface area contributed by atoms with Crippen LogP contribution in [0.2, 0.25) is 0 Å². The van der Waals surface area contributed by atoms with Crippen LogP contribution < -0.4 is 5.32 Å². The Morgan fingerprint density at radius 2 is 1.84 bits per heavy atom. The molecular weight excluding hydrogens is 344 g/mol. The maximum Gasteiger partial charge on any atom is 0.322 e. The van der Waals surface area contributed by atoms with Crippen LogP contribution in [0.3, 0.4) is 0 Å². The van der Waals surface area contributed by atoms with Gasteiger partial charge in [-0.2, -0.15) is 4.31 Å². The highest BCUT2D eigenvalue weighted by Gasteiger charge is 2.39. The summed E-state index contributed by atoms with van der Waals surface area (Å²) in [4.78, 5) is 22.9. The molecule has 25 heavy (non-hydrogen) atoms. The van der Waals surface area contributed by atoms with E-state index in [0.717, 1.165) is 9.87 Å². The molecule has 0 radical (unpaired) electrons. The lowest BCUT2D eigenvalue weighted by Crippen LogP contribution is -2.46. The Morgan fingerprint density at radius 1 is 1.24 bits per heavy atom. The summed E-state index contributed by atoms with van der Waals surface area (Å²) >= 11 is 0. The Labute approximate surface area is 148 Å². The molecule has 7 nitrogen and oxygen atoms in total. The van der Waals surface area contributed by atoms with Crippen molar-refractivity contribution in [1.29, 1.82) is 0 Å². The molecule has 1 saturated heterocycles. The van der Waals surface area contributed by atoms with Gasteiger partial charge in [0.25, 0.3) is 0 Å². The predicted octanol–water partition coefficient (Wildman–Crippen LogP) is 1.34. The van der Waals surface area contributed by atoms with Crippen LogP contribution in [-0.4, -0.2) is 48.8 Å².